The molecule has 26 heavy (non-hydrogen) atoms. The number of fused-ring (bicyclic) bond motifs is 2. The molecular weight excluding hydrogens is 318 g/mol. The second-order valence-corrected chi connectivity index (χ2v) is 9.01. The Hall–Kier alpha value is -2.35. The zero-order chi connectivity index (χ0) is 18.8. The van der Waals surface area contributed by atoms with Crippen LogP contribution in [0.15, 0.2) is 30.5 Å². The number of benzene rings is 2. The Bertz CT molecular complexity index is 1050. The minimum absolute atomic E-state index is 0.248. The van der Waals surface area contributed by atoms with Gasteiger partial charge in [-0.3, -0.25) is 0 Å². The van der Waals surface area contributed by atoms with E-state index in [0.29, 0.717) is 0 Å². The molecule has 0 aliphatic carbocycles. The van der Waals surface area contributed by atoms with Crippen molar-refractivity contribution in [2.24, 2.45) is 12.5 Å². The van der Waals surface area contributed by atoms with Gasteiger partial charge in [0.05, 0.1) is 5.56 Å². The van der Waals surface area contributed by atoms with E-state index in [1.165, 1.54) is 44.3 Å². The number of aryl methyl sites for hydroxylation is 3. The molecule has 0 bridgehead atoms. The summed E-state index contributed by atoms with van der Waals surface area (Å²) < 4.78 is 8.68. The highest BCUT2D eigenvalue weighted by molar-refractivity contribution is 6.05. The number of ether oxygens (including phenoxy) is 1. The molecule has 1 aliphatic heterocycles. The molecule has 134 valence electrons. The molecule has 2 aromatic carbocycles. The number of pyridine rings is 1. The van der Waals surface area contributed by atoms with Crippen LogP contribution in [0.25, 0.3) is 22.0 Å². The summed E-state index contributed by atoms with van der Waals surface area (Å²) in [6.45, 7) is 13.4. The predicted molar refractivity (Wildman–Crippen MR) is 108 cm³/mol. The third-order valence-electron chi connectivity index (χ3n) is 5.44. The Kier molecular flexibility index (Phi) is 3.66. The average molecular weight is 346 g/mol. The fourth-order valence-electron chi connectivity index (χ4n) is 4.14. The summed E-state index contributed by atoms with van der Waals surface area (Å²) in [7, 11) is 2.11. The SMILES string of the molecule is Cc1cc2cc(CC(C)(C)C)cc3c2c(c1C)-c1c(c(C)cc[n+]1C)O3. The second-order valence-electron chi connectivity index (χ2n) is 9.01. The molecule has 0 radical (unpaired) electrons. The zero-order valence-corrected chi connectivity index (χ0v) is 16.9. The van der Waals surface area contributed by atoms with Gasteiger partial charge in [-0.25, -0.2) is 0 Å². The Balaban J connectivity index is 2.10. The van der Waals surface area contributed by atoms with E-state index in [2.05, 4.69) is 83.6 Å². The molecule has 0 fully saturated rings. The molecule has 0 amide bonds. The molecule has 0 saturated heterocycles. The molecule has 4 rings (SSSR count). The molecule has 0 unspecified atom stereocenters. The van der Waals surface area contributed by atoms with Crippen molar-refractivity contribution in [2.75, 3.05) is 0 Å². The van der Waals surface area contributed by atoms with Gasteiger partial charge in [0, 0.05) is 17.0 Å². The lowest BCUT2D eigenvalue weighted by Gasteiger charge is -2.25. The van der Waals surface area contributed by atoms with E-state index in [1.54, 1.807) is 0 Å². The fourth-order valence-corrected chi connectivity index (χ4v) is 4.14. The van der Waals surface area contributed by atoms with Crippen LogP contribution in [0.5, 0.6) is 11.5 Å². The van der Waals surface area contributed by atoms with Crippen molar-refractivity contribution in [2.45, 2.75) is 48.0 Å². The molecule has 0 saturated carbocycles. The van der Waals surface area contributed by atoms with Crippen LogP contribution in [0.2, 0.25) is 0 Å². The zero-order valence-electron chi connectivity index (χ0n) is 16.9. The highest BCUT2D eigenvalue weighted by atomic mass is 16.5. The lowest BCUT2D eigenvalue weighted by Crippen LogP contribution is -2.32. The van der Waals surface area contributed by atoms with Gasteiger partial charge in [-0.1, -0.05) is 32.9 Å². The molecule has 1 aromatic heterocycles. The molecule has 2 heterocycles. The van der Waals surface area contributed by atoms with Gasteiger partial charge in [0.2, 0.25) is 5.75 Å². The van der Waals surface area contributed by atoms with Crippen LogP contribution >= 0.6 is 0 Å². The first kappa shape index (κ1) is 17.1. The van der Waals surface area contributed by atoms with E-state index < -0.39 is 0 Å². The number of rotatable bonds is 1. The van der Waals surface area contributed by atoms with E-state index in [4.69, 9.17) is 4.74 Å². The first-order valence-electron chi connectivity index (χ1n) is 9.40. The first-order chi connectivity index (χ1) is 12.2. The van der Waals surface area contributed by atoms with Gasteiger partial charge in [-0.15, -0.1) is 0 Å². The third kappa shape index (κ3) is 2.59. The maximum absolute atomic E-state index is 6.49. The molecular formula is C24H28NO+. The van der Waals surface area contributed by atoms with Gasteiger partial charge in [0.1, 0.15) is 12.8 Å². The first-order valence-corrected chi connectivity index (χ1v) is 9.40. The summed E-state index contributed by atoms with van der Waals surface area (Å²) in [6.07, 6.45) is 3.17. The maximum Gasteiger partial charge on any atom is 0.256 e. The summed E-state index contributed by atoms with van der Waals surface area (Å²) in [5, 5.41) is 2.53. The second kappa shape index (κ2) is 5.57. The summed E-state index contributed by atoms with van der Waals surface area (Å²) in [5.74, 6) is 1.99. The van der Waals surface area contributed by atoms with Gasteiger partial charge < -0.3 is 4.74 Å². The van der Waals surface area contributed by atoms with Crippen LogP contribution in [0.3, 0.4) is 0 Å². The highest BCUT2D eigenvalue weighted by Crippen LogP contribution is 2.48. The van der Waals surface area contributed by atoms with Gasteiger partial charge in [0.15, 0.2) is 6.20 Å². The van der Waals surface area contributed by atoms with Crippen molar-refractivity contribution in [1.82, 2.24) is 0 Å². The molecule has 0 N–H and O–H groups in total. The fraction of sp³-hybridized carbons (Fsp3) is 0.375. The maximum atomic E-state index is 6.49. The van der Waals surface area contributed by atoms with Crippen LogP contribution < -0.4 is 9.30 Å². The van der Waals surface area contributed by atoms with Crippen LogP contribution in [0.4, 0.5) is 0 Å². The molecule has 2 nitrogen and oxygen atoms in total. The van der Waals surface area contributed by atoms with E-state index in [9.17, 15) is 0 Å². The van der Waals surface area contributed by atoms with Crippen molar-refractivity contribution in [3.05, 3.63) is 52.7 Å². The van der Waals surface area contributed by atoms with Crippen molar-refractivity contribution in [1.29, 1.82) is 0 Å². The van der Waals surface area contributed by atoms with E-state index in [-0.39, 0.29) is 5.41 Å². The van der Waals surface area contributed by atoms with Crippen molar-refractivity contribution < 1.29 is 9.30 Å². The molecule has 3 aromatic rings. The average Bonchev–Trinajstić information content (AvgIpc) is 2.53. The lowest BCUT2D eigenvalue weighted by molar-refractivity contribution is -0.660. The number of aromatic nitrogens is 1. The largest absolute Gasteiger partial charge is 0.449 e. The smallest absolute Gasteiger partial charge is 0.256 e. The Morgan fingerprint density at radius 3 is 2.42 bits per heavy atom. The van der Waals surface area contributed by atoms with Gasteiger partial charge >= 0.3 is 0 Å². The monoisotopic (exact) mass is 346 g/mol. The van der Waals surface area contributed by atoms with Crippen LogP contribution in [-0.2, 0) is 13.5 Å². The van der Waals surface area contributed by atoms with Crippen LogP contribution in [0.1, 0.15) is 43.0 Å². The normalized spacial score (nSPS) is 12.9. The molecule has 0 spiro atoms. The van der Waals surface area contributed by atoms with Gasteiger partial charge in [0.25, 0.3) is 5.69 Å². The minimum atomic E-state index is 0.248. The molecule has 1 aliphatic rings. The van der Waals surface area contributed by atoms with Gasteiger partial charge in [-0.2, -0.15) is 4.57 Å². The molecule has 0 atom stereocenters. The molecule has 2 heteroatoms. The third-order valence-corrected chi connectivity index (χ3v) is 5.44. The van der Waals surface area contributed by atoms with E-state index in [1.807, 2.05) is 0 Å². The highest BCUT2D eigenvalue weighted by Gasteiger charge is 2.31. The number of hydrogen-bond acceptors (Lipinski definition) is 1. The van der Waals surface area contributed by atoms with Crippen molar-refractivity contribution >= 4 is 10.8 Å². The standard InChI is InChI=1S/C24H28NO/c1-14-8-9-25(7)22-20-16(3)15(2)10-18-11-17(13-24(4,5)6)12-19(21(18)20)26-23(14)22/h8-12H,13H2,1-7H3/q+1. The topological polar surface area (TPSA) is 13.1 Å². The summed E-state index contributed by atoms with van der Waals surface area (Å²) >= 11 is 0. The summed E-state index contributed by atoms with van der Waals surface area (Å²) in [5.41, 5.74) is 7.96. The minimum Gasteiger partial charge on any atom is -0.449 e. The number of hydrogen-bond donors (Lipinski definition) is 0. The van der Waals surface area contributed by atoms with Gasteiger partial charge in [-0.05, 0) is 60.7 Å². The number of nitrogens with zero attached hydrogens (tertiary/aromatic N) is 1. The lowest BCUT2D eigenvalue weighted by atomic mass is 9.85. The summed E-state index contributed by atoms with van der Waals surface area (Å²) in [6, 6.07) is 9.05. The van der Waals surface area contributed by atoms with Crippen LogP contribution in [0, 0.1) is 26.2 Å². The van der Waals surface area contributed by atoms with Crippen molar-refractivity contribution in [3.63, 3.8) is 0 Å². The Morgan fingerprint density at radius 1 is 1.00 bits per heavy atom. The quantitative estimate of drug-likeness (QED) is 0.388. The van der Waals surface area contributed by atoms with Crippen molar-refractivity contribution in [3.8, 4) is 22.8 Å². The van der Waals surface area contributed by atoms with Crippen LogP contribution in [-0.4, -0.2) is 0 Å². The Morgan fingerprint density at radius 2 is 1.73 bits per heavy atom. The van der Waals surface area contributed by atoms with E-state index >= 15 is 0 Å². The summed E-state index contributed by atoms with van der Waals surface area (Å²) in [4.78, 5) is 0. The van der Waals surface area contributed by atoms with E-state index in [0.717, 1.165) is 17.9 Å². The Labute approximate surface area is 156 Å². The predicted octanol–water partition coefficient (Wildman–Crippen LogP) is 5.95.